The number of hydrogen-bond acceptors (Lipinski definition) is 7. The number of carboxylic acid groups (broad SMARTS) is 1. The molecule has 1 aliphatic rings. The van der Waals surface area contributed by atoms with Crippen molar-refractivity contribution in [2.45, 2.75) is 37.1 Å². The maximum absolute atomic E-state index is 13.9. The van der Waals surface area contributed by atoms with E-state index in [1.54, 1.807) is 13.0 Å². The smallest absolute Gasteiger partial charge is 0.306 e. The van der Waals surface area contributed by atoms with Crippen LogP contribution in [0.3, 0.4) is 0 Å². The number of nitrogens with zero attached hydrogens (tertiary/aromatic N) is 4. The minimum atomic E-state index is -2.83. The first kappa shape index (κ1) is 25.7. The maximum atomic E-state index is 13.9. The van der Waals surface area contributed by atoms with Crippen LogP contribution in [-0.2, 0) is 11.2 Å². The summed E-state index contributed by atoms with van der Waals surface area (Å²) in [6, 6.07) is 8.99. The molecule has 3 rings (SSSR count). The van der Waals surface area contributed by atoms with E-state index in [0.29, 0.717) is 37.1 Å². The van der Waals surface area contributed by atoms with E-state index in [0.717, 1.165) is 16.9 Å². The predicted octanol–water partition coefficient (Wildman–Crippen LogP) is 4.76. The molecule has 182 valence electrons. The van der Waals surface area contributed by atoms with Gasteiger partial charge in [-0.05, 0) is 57.0 Å². The largest absolute Gasteiger partial charge is 0.481 e. The molecule has 2 N–H and O–H groups in total. The molecule has 2 aromatic rings. The summed E-state index contributed by atoms with van der Waals surface area (Å²) in [7, 11) is 3.97. The van der Waals surface area contributed by atoms with Gasteiger partial charge in [-0.25, -0.2) is 13.8 Å². The van der Waals surface area contributed by atoms with Crippen LogP contribution in [0.5, 0.6) is 0 Å². The van der Waals surface area contributed by atoms with Gasteiger partial charge in [0.25, 0.3) is 6.43 Å². The molecule has 34 heavy (non-hydrogen) atoms. The van der Waals surface area contributed by atoms with Crippen LogP contribution >= 0.6 is 11.8 Å². The summed E-state index contributed by atoms with van der Waals surface area (Å²) in [5, 5.41) is 22.1. The molecule has 1 saturated heterocycles. The van der Waals surface area contributed by atoms with E-state index in [1.807, 2.05) is 43.5 Å². The third-order valence-corrected chi connectivity index (χ3v) is 6.88. The Morgan fingerprint density at radius 1 is 1.41 bits per heavy atom. The van der Waals surface area contributed by atoms with E-state index in [1.165, 1.54) is 17.8 Å². The highest BCUT2D eigenvalue weighted by molar-refractivity contribution is 7.98. The Hall–Kier alpha value is -2.90. The first-order valence-corrected chi connectivity index (χ1v) is 12.2. The van der Waals surface area contributed by atoms with Gasteiger partial charge in [-0.3, -0.25) is 4.79 Å². The van der Waals surface area contributed by atoms with Crippen LogP contribution in [0.1, 0.15) is 36.5 Å². The average Bonchev–Trinajstić information content (AvgIpc) is 3.29. The van der Waals surface area contributed by atoms with Crippen molar-refractivity contribution in [3.05, 3.63) is 41.0 Å². The summed E-state index contributed by atoms with van der Waals surface area (Å²) in [5.74, 6) is -0.994. The van der Waals surface area contributed by atoms with Crippen LogP contribution < -0.4 is 10.2 Å². The van der Waals surface area contributed by atoms with Gasteiger partial charge in [-0.2, -0.15) is 5.26 Å². The highest BCUT2D eigenvalue weighted by atomic mass is 32.2. The normalized spacial score (nSPS) is 16.7. The van der Waals surface area contributed by atoms with Crippen molar-refractivity contribution in [2.24, 2.45) is 5.92 Å². The Morgan fingerprint density at radius 2 is 2.15 bits per heavy atom. The molecule has 7 nitrogen and oxygen atoms in total. The van der Waals surface area contributed by atoms with Gasteiger partial charge >= 0.3 is 5.97 Å². The molecular formula is C24H29F2N5O2S. The SMILES string of the molecule is CSc1ccc(C[C@@H](C)C(=O)O)cc1Nc1nc(N2CC[C@H](N(C)C)C2)cc(C(F)F)c1C#N. The number of thioether (sulfide) groups is 1. The molecule has 1 aliphatic heterocycles. The molecule has 0 spiro atoms. The Kier molecular flexibility index (Phi) is 8.33. The third kappa shape index (κ3) is 5.77. The highest BCUT2D eigenvalue weighted by Gasteiger charge is 2.28. The van der Waals surface area contributed by atoms with E-state index >= 15 is 0 Å². The summed E-state index contributed by atoms with van der Waals surface area (Å²) in [6.45, 7) is 2.97. The number of carbonyl (C=O) groups is 1. The number of rotatable bonds is 9. The number of carboxylic acids is 1. The molecule has 0 unspecified atom stereocenters. The van der Waals surface area contributed by atoms with Crippen LogP contribution in [0.25, 0.3) is 0 Å². The van der Waals surface area contributed by atoms with E-state index in [-0.39, 0.29) is 16.9 Å². The number of nitrogens with one attached hydrogen (secondary N) is 1. The van der Waals surface area contributed by atoms with Crippen molar-refractivity contribution in [2.75, 3.05) is 43.7 Å². The highest BCUT2D eigenvalue weighted by Crippen LogP contribution is 2.36. The Morgan fingerprint density at radius 3 is 2.71 bits per heavy atom. The lowest BCUT2D eigenvalue weighted by atomic mass is 10.0. The van der Waals surface area contributed by atoms with E-state index < -0.39 is 18.3 Å². The Labute approximate surface area is 202 Å². The molecule has 2 heterocycles. The van der Waals surface area contributed by atoms with Gasteiger partial charge in [0, 0.05) is 29.6 Å². The fourth-order valence-electron chi connectivity index (χ4n) is 4.01. The van der Waals surface area contributed by atoms with Gasteiger partial charge in [-0.15, -0.1) is 11.8 Å². The van der Waals surface area contributed by atoms with Gasteiger partial charge < -0.3 is 20.2 Å². The molecular weight excluding hydrogens is 460 g/mol. The number of anilines is 3. The first-order chi connectivity index (χ1) is 16.1. The molecule has 0 radical (unpaired) electrons. The minimum Gasteiger partial charge on any atom is -0.481 e. The van der Waals surface area contributed by atoms with Crippen molar-refractivity contribution < 1.29 is 18.7 Å². The molecule has 1 aromatic carbocycles. The number of alkyl halides is 2. The van der Waals surface area contributed by atoms with E-state index in [9.17, 15) is 23.9 Å². The zero-order valence-corrected chi connectivity index (χ0v) is 20.5. The van der Waals surface area contributed by atoms with Crippen LogP contribution in [-0.4, -0.2) is 60.4 Å². The van der Waals surface area contributed by atoms with Gasteiger partial charge in [0.15, 0.2) is 5.82 Å². The topological polar surface area (TPSA) is 92.5 Å². The van der Waals surface area contributed by atoms with Crippen molar-refractivity contribution in [3.8, 4) is 6.07 Å². The molecule has 0 aliphatic carbocycles. The Bertz CT molecular complexity index is 1090. The van der Waals surface area contributed by atoms with E-state index in [4.69, 9.17) is 0 Å². The number of aliphatic carboxylic acids is 1. The van der Waals surface area contributed by atoms with E-state index in [2.05, 4.69) is 15.2 Å². The molecule has 1 fully saturated rings. The molecule has 1 aromatic heterocycles. The second-order valence-electron chi connectivity index (χ2n) is 8.66. The fourth-order valence-corrected chi connectivity index (χ4v) is 4.55. The molecule has 2 atom stereocenters. The number of pyridine rings is 1. The number of benzene rings is 1. The predicted molar refractivity (Wildman–Crippen MR) is 130 cm³/mol. The van der Waals surface area contributed by atoms with Crippen molar-refractivity contribution >= 4 is 35.1 Å². The summed E-state index contributed by atoms with van der Waals surface area (Å²) in [5.41, 5.74) is 0.826. The molecule has 0 saturated carbocycles. The number of nitriles is 1. The maximum Gasteiger partial charge on any atom is 0.306 e. The van der Waals surface area contributed by atoms with Gasteiger partial charge in [0.05, 0.1) is 11.6 Å². The average molecular weight is 490 g/mol. The van der Waals surface area contributed by atoms with Gasteiger partial charge in [0.2, 0.25) is 0 Å². The minimum absolute atomic E-state index is 0.0716. The van der Waals surface area contributed by atoms with Gasteiger partial charge in [0.1, 0.15) is 17.5 Å². The van der Waals surface area contributed by atoms with Crippen LogP contribution in [0, 0.1) is 17.2 Å². The zero-order chi connectivity index (χ0) is 25.0. The number of halogens is 2. The lowest BCUT2D eigenvalue weighted by molar-refractivity contribution is -0.141. The second-order valence-corrected chi connectivity index (χ2v) is 9.51. The van der Waals surface area contributed by atoms with Gasteiger partial charge in [-0.1, -0.05) is 13.0 Å². The summed E-state index contributed by atoms with van der Waals surface area (Å²) < 4.78 is 27.9. The fraction of sp³-hybridized carbons (Fsp3) is 0.458. The quantitative estimate of drug-likeness (QED) is 0.487. The van der Waals surface area contributed by atoms with Crippen molar-refractivity contribution in [1.82, 2.24) is 9.88 Å². The standard InChI is InChI=1S/C24H29F2N5O2S/c1-14(24(32)33)9-15-5-6-20(34-4)19(10-15)28-23-18(12-27)17(22(25)26)11-21(29-23)31-8-7-16(13-31)30(2)3/h5-6,10-11,14,16,22H,7-9,13H2,1-4H3,(H,28,29)(H,32,33)/t14-,16+/m1/s1. The molecule has 0 bridgehead atoms. The van der Waals surface area contributed by atoms with Crippen LogP contribution in [0.4, 0.5) is 26.1 Å². The lowest BCUT2D eigenvalue weighted by Crippen LogP contribution is -2.31. The summed E-state index contributed by atoms with van der Waals surface area (Å²) >= 11 is 1.45. The number of aromatic nitrogens is 1. The third-order valence-electron chi connectivity index (χ3n) is 6.08. The number of likely N-dealkylation sites (N-methyl/N-ethyl adjacent to an activating group) is 1. The monoisotopic (exact) mass is 489 g/mol. The lowest BCUT2D eigenvalue weighted by Gasteiger charge is -2.23. The second kappa shape index (κ2) is 11.0. The first-order valence-electron chi connectivity index (χ1n) is 11.0. The molecule has 0 amide bonds. The van der Waals surface area contributed by atoms with Crippen LogP contribution in [0.15, 0.2) is 29.2 Å². The molecule has 10 heteroatoms. The zero-order valence-electron chi connectivity index (χ0n) is 19.7. The number of hydrogen-bond donors (Lipinski definition) is 2. The Balaban J connectivity index is 2.02. The van der Waals surface area contributed by atoms with Crippen molar-refractivity contribution in [1.29, 1.82) is 5.26 Å². The van der Waals surface area contributed by atoms with Crippen molar-refractivity contribution in [3.63, 3.8) is 0 Å². The van der Waals surface area contributed by atoms with Crippen LogP contribution in [0.2, 0.25) is 0 Å². The summed E-state index contributed by atoms with van der Waals surface area (Å²) in [4.78, 5) is 20.8. The summed E-state index contributed by atoms with van der Waals surface area (Å²) in [6.07, 6.45) is 0.263.